The van der Waals surface area contributed by atoms with Crippen molar-refractivity contribution in [3.05, 3.63) is 29.6 Å². The lowest BCUT2D eigenvalue weighted by Gasteiger charge is -2.17. The molecule has 15 heavy (non-hydrogen) atoms. The first-order chi connectivity index (χ1) is 6.89. The van der Waals surface area contributed by atoms with Gasteiger partial charge in [-0.2, -0.15) is 0 Å². The molecule has 0 N–H and O–H groups in total. The van der Waals surface area contributed by atoms with E-state index in [1.165, 1.54) is 0 Å². The molecule has 1 rings (SSSR count). The minimum absolute atomic E-state index is 0.311. The molecule has 0 aromatic carbocycles. The van der Waals surface area contributed by atoms with Crippen molar-refractivity contribution < 1.29 is 4.55 Å². The monoisotopic (exact) mass is 224 g/mol. The number of pyridine rings is 1. The molecule has 3 nitrogen and oxygen atoms in total. The molecule has 0 saturated carbocycles. The molecule has 0 aliphatic carbocycles. The zero-order valence-electron chi connectivity index (χ0n) is 9.52. The topological polar surface area (TPSA) is 48.3 Å². The third-order valence-electron chi connectivity index (χ3n) is 1.76. The van der Waals surface area contributed by atoms with Gasteiger partial charge in [0.25, 0.3) is 0 Å². The van der Waals surface area contributed by atoms with E-state index < -0.39 is 11.4 Å². The number of aromatic nitrogens is 1. The Morgan fingerprint density at radius 3 is 2.53 bits per heavy atom. The number of hydrogen-bond acceptors (Lipinski definition) is 3. The van der Waals surface area contributed by atoms with Crippen LogP contribution in [0, 0.1) is 6.92 Å². The minimum atomic E-state index is -1.20. The van der Waals surface area contributed by atoms with Crippen molar-refractivity contribution in [1.82, 2.24) is 4.98 Å². The summed E-state index contributed by atoms with van der Waals surface area (Å²) in [5.74, 6) is 0. The molecule has 1 aromatic heterocycles. The summed E-state index contributed by atoms with van der Waals surface area (Å²) in [6, 6.07) is 3.81. The summed E-state index contributed by atoms with van der Waals surface area (Å²) in [7, 11) is 0. The van der Waals surface area contributed by atoms with Crippen LogP contribution >= 0.6 is 0 Å². The summed E-state index contributed by atoms with van der Waals surface area (Å²) in [4.78, 5) is 4.13. The van der Waals surface area contributed by atoms with Crippen LogP contribution in [-0.2, 0) is 11.4 Å². The Balaban J connectivity index is 2.70. The number of aryl methyl sites for hydroxylation is 1. The molecule has 0 fully saturated rings. The van der Waals surface area contributed by atoms with E-state index in [0.29, 0.717) is 0 Å². The van der Waals surface area contributed by atoms with Gasteiger partial charge in [0.05, 0.1) is 6.21 Å². The average Bonchev–Trinajstić information content (AvgIpc) is 2.15. The lowest BCUT2D eigenvalue weighted by atomic mass is 10.3. The Morgan fingerprint density at radius 1 is 1.40 bits per heavy atom. The summed E-state index contributed by atoms with van der Waals surface area (Å²) in [6.07, 6.45) is 3.33. The molecule has 0 saturated heterocycles. The van der Waals surface area contributed by atoms with Crippen molar-refractivity contribution in [2.24, 2.45) is 4.40 Å². The molecular formula is C11H16N2OS. The van der Waals surface area contributed by atoms with Crippen molar-refractivity contribution in [2.45, 2.75) is 32.4 Å². The largest absolute Gasteiger partial charge is 0.591 e. The normalized spacial score (nSPS) is 14.5. The second kappa shape index (κ2) is 4.77. The molecule has 1 atom stereocenters. The third kappa shape index (κ3) is 4.01. The molecule has 0 aliphatic heterocycles. The van der Waals surface area contributed by atoms with Gasteiger partial charge in [0.15, 0.2) is 0 Å². The van der Waals surface area contributed by atoms with Gasteiger partial charge in [-0.05, 0) is 39.8 Å². The van der Waals surface area contributed by atoms with Crippen molar-refractivity contribution in [3.63, 3.8) is 0 Å². The summed E-state index contributed by atoms with van der Waals surface area (Å²) < 4.78 is 15.3. The van der Waals surface area contributed by atoms with Crippen LogP contribution in [0.15, 0.2) is 22.7 Å². The van der Waals surface area contributed by atoms with Crippen molar-refractivity contribution in [1.29, 1.82) is 0 Å². The summed E-state index contributed by atoms with van der Waals surface area (Å²) >= 11 is -1.20. The summed E-state index contributed by atoms with van der Waals surface area (Å²) in [5.41, 5.74) is 1.84. The molecule has 0 aliphatic rings. The SMILES string of the molecule is Cc1ccc(/C=N/[S@+]([O-])C(C)(C)C)cn1. The molecule has 4 heteroatoms. The van der Waals surface area contributed by atoms with Gasteiger partial charge in [0.1, 0.15) is 16.1 Å². The molecule has 0 bridgehead atoms. The highest BCUT2D eigenvalue weighted by Crippen LogP contribution is 2.16. The van der Waals surface area contributed by atoms with E-state index >= 15 is 0 Å². The Kier molecular flexibility index (Phi) is 3.88. The van der Waals surface area contributed by atoms with E-state index in [1.54, 1.807) is 12.4 Å². The second-order valence-corrected chi connectivity index (χ2v) is 6.26. The van der Waals surface area contributed by atoms with E-state index in [4.69, 9.17) is 0 Å². The maximum atomic E-state index is 11.6. The number of hydrogen-bond donors (Lipinski definition) is 0. The molecule has 1 aromatic rings. The van der Waals surface area contributed by atoms with E-state index in [0.717, 1.165) is 11.3 Å². The zero-order chi connectivity index (χ0) is 11.5. The zero-order valence-corrected chi connectivity index (χ0v) is 10.3. The molecule has 82 valence electrons. The van der Waals surface area contributed by atoms with Crippen molar-refractivity contribution in [3.8, 4) is 0 Å². The molecule has 0 unspecified atom stereocenters. The number of rotatable bonds is 2. The molecule has 1 heterocycles. The first kappa shape index (κ1) is 12.2. The quantitative estimate of drug-likeness (QED) is 0.571. The van der Waals surface area contributed by atoms with Crippen molar-refractivity contribution in [2.75, 3.05) is 0 Å². The van der Waals surface area contributed by atoms with Crippen LogP contribution in [0.1, 0.15) is 32.0 Å². The van der Waals surface area contributed by atoms with Gasteiger partial charge < -0.3 is 4.55 Å². The van der Waals surface area contributed by atoms with Crippen molar-refractivity contribution >= 4 is 17.6 Å². The highest BCUT2D eigenvalue weighted by atomic mass is 32.2. The number of nitrogens with zero attached hydrogens (tertiary/aromatic N) is 2. The van der Waals surface area contributed by atoms with Crippen LogP contribution in [0.4, 0.5) is 0 Å². The Morgan fingerprint density at radius 2 is 2.07 bits per heavy atom. The highest BCUT2D eigenvalue weighted by molar-refractivity contribution is 7.91. The maximum absolute atomic E-state index is 11.6. The predicted molar refractivity (Wildman–Crippen MR) is 64.5 cm³/mol. The molecule has 0 amide bonds. The van der Waals surface area contributed by atoms with Gasteiger partial charge in [0.2, 0.25) is 0 Å². The van der Waals surface area contributed by atoms with Crippen LogP contribution in [0.3, 0.4) is 0 Å². The molecular weight excluding hydrogens is 208 g/mol. The van der Waals surface area contributed by atoms with Gasteiger partial charge in [0, 0.05) is 17.5 Å². The fourth-order valence-electron chi connectivity index (χ4n) is 0.822. The van der Waals surface area contributed by atoms with Crippen LogP contribution in [0.2, 0.25) is 0 Å². The van der Waals surface area contributed by atoms with Crippen LogP contribution in [-0.4, -0.2) is 20.5 Å². The lowest BCUT2D eigenvalue weighted by molar-refractivity contribution is 0.562. The van der Waals surface area contributed by atoms with Crippen LogP contribution < -0.4 is 0 Å². The standard InChI is InChI=1S/C11H16N2OS/c1-9-5-6-10(7-12-9)8-13-15(14)11(2,3)4/h5-8H,1-4H3/b13-8+/t15-/m1/s1. The second-order valence-electron chi connectivity index (χ2n) is 4.33. The highest BCUT2D eigenvalue weighted by Gasteiger charge is 2.25. The smallest absolute Gasteiger partial charge is 0.144 e. The fraction of sp³-hybridized carbons (Fsp3) is 0.455. The Bertz CT molecular complexity index is 341. The van der Waals surface area contributed by atoms with Gasteiger partial charge >= 0.3 is 0 Å². The first-order valence-electron chi connectivity index (χ1n) is 4.78. The summed E-state index contributed by atoms with van der Waals surface area (Å²) in [6.45, 7) is 7.61. The van der Waals surface area contributed by atoms with Gasteiger partial charge in [-0.15, -0.1) is 0 Å². The van der Waals surface area contributed by atoms with E-state index in [2.05, 4.69) is 9.38 Å². The molecule has 0 radical (unpaired) electrons. The Hall–Kier alpha value is -0.870. The van der Waals surface area contributed by atoms with Gasteiger partial charge in [-0.3, -0.25) is 4.98 Å². The average molecular weight is 224 g/mol. The van der Waals surface area contributed by atoms with E-state index in [1.807, 2.05) is 39.8 Å². The molecule has 0 spiro atoms. The van der Waals surface area contributed by atoms with Crippen LogP contribution in [0.25, 0.3) is 0 Å². The third-order valence-corrected chi connectivity index (χ3v) is 3.10. The summed E-state index contributed by atoms with van der Waals surface area (Å²) in [5, 5.41) is 0. The minimum Gasteiger partial charge on any atom is -0.591 e. The lowest BCUT2D eigenvalue weighted by Crippen LogP contribution is -2.25. The fourth-order valence-corrected chi connectivity index (χ4v) is 1.36. The van der Waals surface area contributed by atoms with Gasteiger partial charge in [-0.25, -0.2) is 0 Å². The van der Waals surface area contributed by atoms with Gasteiger partial charge in [-0.1, -0.05) is 4.40 Å². The first-order valence-corrected chi connectivity index (χ1v) is 5.89. The Labute approximate surface area is 94.0 Å². The van der Waals surface area contributed by atoms with Crippen LogP contribution in [0.5, 0.6) is 0 Å². The van der Waals surface area contributed by atoms with E-state index in [9.17, 15) is 4.55 Å². The maximum Gasteiger partial charge on any atom is 0.144 e. The van der Waals surface area contributed by atoms with E-state index in [-0.39, 0.29) is 4.75 Å². The predicted octanol–water partition coefficient (Wildman–Crippen LogP) is 2.27.